The number of hydrogen-bond acceptors (Lipinski definition) is 4. The Bertz CT molecular complexity index is 647. The second kappa shape index (κ2) is 7.55. The van der Waals surface area contributed by atoms with Gasteiger partial charge in [0.05, 0.1) is 11.5 Å². The first-order valence-electron chi connectivity index (χ1n) is 7.54. The van der Waals surface area contributed by atoms with E-state index in [-0.39, 0.29) is 23.5 Å². The van der Waals surface area contributed by atoms with E-state index in [9.17, 15) is 9.18 Å². The van der Waals surface area contributed by atoms with Gasteiger partial charge in [-0.15, -0.1) is 11.8 Å². The van der Waals surface area contributed by atoms with E-state index in [4.69, 9.17) is 9.15 Å². The molecule has 1 aromatic heterocycles. The van der Waals surface area contributed by atoms with Crippen LogP contribution in [0.5, 0.6) is 5.75 Å². The van der Waals surface area contributed by atoms with Crippen molar-refractivity contribution >= 4 is 17.7 Å². The highest BCUT2D eigenvalue weighted by Gasteiger charge is 2.23. The van der Waals surface area contributed by atoms with Crippen LogP contribution in [-0.2, 0) is 4.79 Å². The van der Waals surface area contributed by atoms with Crippen molar-refractivity contribution in [1.82, 2.24) is 4.90 Å². The molecular formula is C17H18FNO3S. The largest absolute Gasteiger partial charge is 0.481 e. The van der Waals surface area contributed by atoms with E-state index >= 15 is 0 Å². The smallest absolute Gasteiger partial charge is 0.260 e. The van der Waals surface area contributed by atoms with Gasteiger partial charge in [-0.3, -0.25) is 4.79 Å². The third kappa shape index (κ3) is 4.07. The molecule has 2 heterocycles. The lowest BCUT2D eigenvalue weighted by Gasteiger charge is -2.20. The number of ether oxygens (including phenoxy) is 1. The van der Waals surface area contributed by atoms with Crippen LogP contribution < -0.4 is 4.74 Å². The van der Waals surface area contributed by atoms with Crippen molar-refractivity contribution in [1.29, 1.82) is 0 Å². The van der Waals surface area contributed by atoms with E-state index in [1.165, 1.54) is 12.1 Å². The van der Waals surface area contributed by atoms with Gasteiger partial charge in [0.2, 0.25) is 0 Å². The number of halogens is 1. The third-order valence-corrected chi connectivity index (χ3v) is 5.03. The van der Waals surface area contributed by atoms with Crippen LogP contribution in [0.2, 0.25) is 0 Å². The number of carbonyl (C=O) groups excluding carboxylic acids is 1. The molecule has 1 amide bonds. The summed E-state index contributed by atoms with van der Waals surface area (Å²) in [5, 5.41) is 0.273. The lowest BCUT2D eigenvalue weighted by atomic mass is 10.2. The van der Waals surface area contributed by atoms with Crippen molar-refractivity contribution < 1.29 is 18.3 Å². The summed E-state index contributed by atoms with van der Waals surface area (Å²) in [7, 11) is 0. The summed E-state index contributed by atoms with van der Waals surface area (Å²) in [6.07, 6.45) is 2.51. The molecular weight excluding hydrogens is 317 g/mol. The van der Waals surface area contributed by atoms with E-state index in [1.54, 1.807) is 35.1 Å². The molecule has 0 saturated carbocycles. The van der Waals surface area contributed by atoms with Crippen LogP contribution in [0.25, 0.3) is 0 Å². The summed E-state index contributed by atoms with van der Waals surface area (Å²) in [5.41, 5.74) is 0. The molecule has 2 aromatic rings. The van der Waals surface area contributed by atoms with Crippen molar-refractivity contribution in [3.8, 4) is 5.75 Å². The second-order valence-electron chi connectivity index (χ2n) is 5.26. The first-order chi connectivity index (χ1) is 11.2. The van der Waals surface area contributed by atoms with Gasteiger partial charge in [0, 0.05) is 18.8 Å². The van der Waals surface area contributed by atoms with Gasteiger partial charge < -0.3 is 14.1 Å². The number of furan rings is 1. The molecule has 1 atom stereocenters. The van der Waals surface area contributed by atoms with Crippen LogP contribution in [0.15, 0.2) is 47.1 Å². The standard InChI is InChI=1S/C17H18FNO3S/c18-13-4-1-2-5-14(13)22-12-17(20)19-8-7-16(23-11-9-19)15-6-3-10-21-15/h1-6,10,16H,7-9,11-12H2. The van der Waals surface area contributed by atoms with Crippen molar-refractivity contribution in [2.45, 2.75) is 11.7 Å². The maximum absolute atomic E-state index is 13.5. The Balaban J connectivity index is 1.53. The Hall–Kier alpha value is -1.95. The Kier molecular flexibility index (Phi) is 5.23. The predicted molar refractivity (Wildman–Crippen MR) is 87.0 cm³/mol. The zero-order chi connectivity index (χ0) is 16.1. The number of para-hydroxylation sites is 1. The SMILES string of the molecule is O=C(COc1ccccc1F)N1CCSC(c2ccco2)CC1. The fraction of sp³-hybridized carbons (Fsp3) is 0.353. The number of benzene rings is 1. The van der Waals surface area contributed by atoms with Gasteiger partial charge in [-0.2, -0.15) is 0 Å². The molecule has 0 radical (unpaired) electrons. The average molecular weight is 335 g/mol. The molecule has 0 N–H and O–H groups in total. The minimum Gasteiger partial charge on any atom is -0.481 e. The Labute approximate surface area is 138 Å². The molecule has 1 saturated heterocycles. The molecule has 1 aliphatic heterocycles. The van der Waals surface area contributed by atoms with Crippen LogP contribution in [0.1, 0.15) is 17.4 Å². The highest BCUT2D eigenvalue weighted by atomic mass is 32.2. The number of nitrogens with zero attached hydrogens (tertiary/aromatic N) is 1. The van der Waals surface area contributed by atoms with Gasteiger partial charge in [-0.1, -0.05) is 12.1 Å². The topological polar surface area (TPSA) is 42.7 Å². The molecule has 0 spiro atoms. The third-order valence-electron chi connectivity index (χ3n) is 3.74. The quantitative estimate of drug-likeness (QED) is 0.858. The van der Waals surface area contributed by atoms with E-state index in [2.05, 4.69) is 0 Å². The maximum Gasteiger partial charge on any atom is 0.260 e. The first kappa shape index (κ1) is 15.9. The van der Waals surface area contributed by atoms with Gasteiger partial charge in [0.15, 0.2) is 18.2 Å². The van der Waals surface area contributed by atoms with Gasteiger partial charge in [-0.05, 0) is 30.7 Å². The normalized spacial score (nSPS) is 18.5. The van der Waals surface area contributed by atoms with Crippen LogP contribution >= 0.6 is 11.8 Å². The monoisotopic (exact) mass is 335 g/mol. The summed E-state index contributed by atoms with van der Waals surface area (Å²) in [5.74, 6) is 1.33. The summed E-state index contributed by atoms with van der Waals surface area (Å²) in [4.78, 5) is 14.0. The highest BCUT2D eigenvalue weighted by molar-refractivity contribution is 7.99. The van der Waals surface area contributed by atoms with Crippen molar-refractivity contribution in [2.75, 3.05) is 25.4 Å². The number of amides is 1. The lowest BCUT2D eigenvalue weighted by molar-refractivity contribution is -0.133. The fourth-order valence-electron chi connectivity index (χ4n) is 2.51. The molecule has 23 heavy (non-hydrogen) atoms. The van der Waals surface area contributed by atoms with E-state index < -0.39 is 5.82 Å². The number of thioether (sulfide) groups is 1. The molecule has 1 unspecified atom stereocenters. The van der Waals surface area contributed by atoms with Gasteiger partial charge in [0.1, 0.15) is 5.76 Å². The predicted octanol–water partition coefficient (Wildman–Crippen LogP) is 3.50. The minimum atomic E-state index is -0.454. The zero-order valence-electron chi connectivity index (χ0n) is 12.6. The van der Waals surface area contributed by atoms with Crippen LogP contribution in [0.3, 0.4) is 0 Å². The van der Waals surface area contributed by atoms with Crippen LogP contribution in [-0.4, -0.2) is 36.3 Å². The van der Waals surface area contributed by atoms with Gasteiger partial charge in [-0.25, -0.2) is 4.39 Å². The minimum absolute atomic E-state index is 0.110. The van der Waals surface area contributed by atoms with Gasteiger partial charge in [0.25, 0.3) is 5.91 Å². The molecule has 0 bridgehead atoms. The van der Waals surface area contributed by atoms with Crippen molar-refractivity contribution in [3.05, 3.63) is 54.2 Å². The first-order valence-corrected chi connectivity index (χ1v) is 8.59. The molecule has 1 aromatic carbocycles. The molecule has 1 fully saturated rings. The van der Waals surface area contributed by atoms with Crippen molar-refractivity contribution in [3.63, 3.8) is 0 Å². The van der Waals surface area contributed by atoms with E-state index in [0.717, 1.165) is 17.9 Å². The number of hydrogen-bond donors (Lipinski definition) is 0. The molecule has 4 nitrogen and oxygen atoms in total. The number of rotatable bonds is 4. The maximum atomic E-state index is 13.5. The summed E-state index contributed by atoms with van der Waals surface area (Å²) in [6.45, 7) is 1.18. The average Bonchev–Trinajstić information content (AvgIpc) is 2.98. The second-order valence-corrected chi connectivity index (χ2v) is 6.57. The van der Waals surface area contributed by atoms with Crippen molar-refractivity contribution in [2.24, 2.45) is 0 Å². The highest BCUT2D eigenvalue weighted by Crippen LogP contribution is 2.34. The Morgan fingerprint density at radius 1 is 1.30 bits per heavy atom. The molecule has 3 rings (SSSR count). The summed E-state index contributed by atoms with van der Waals surface area (Å²) in [6, 6.07) is 9.96. The fourth-order valence-corrected chi connectivity index (χ4v) is 3.69. The Morgan fingerprint density at radius 2 is 2.17 bits per heavy atom. The molecule has 1 aliphatic rings. The Morgan fingerprint density at radius 3 is 2.96 bits per heavy atom. The van der Waals surface area contributed by atoms with Crippen LogP contribution in [0, 0.1) is 5.82 Å². The summed E-state index contributed by atoms with van der Waals surface area (Å²) >= 11 is 1.79. The van der Waals surface area contributed by atoms with Gasteiger partial charge >= 0.3 is 0 Å². The molecule has 0 aliphatic carbocycles. The van der Waals surface area contributed by atoms with E-state index in [0.29, 0.717) is 13.1 Å². The van der Waals surface area contributed by atoms with E-state index in [1.807, 2.05) is 12.1 Å². The number of carbonyl (C=O) groups is 1. The summed E-state index contributed by atoms with van der Waals surface area (Å²) < 4.78 is 24.2. The molecule has 122 valence electrons. The van der Waals surface area contributed by atoms with Crippen LogP contribution in [0.4, 0.5) is 4.39 Å². The lowest BCUT2D eigenvalue weighted by Crippen LogP contribution is -2.36. The molecule has 6 heteroatoms. The zero-order valence-corrected chi connectivity index (χ0v) is 13.4.